The highest BCUT2D eigenvalue weighted by atomic mass is 32.2. The number of carbonyl (C=O) groups is 1. The molecule has 1 heterocycles. The van der Waals surface area contributed by atoms with Gasteiger partial charge in [0.05, 0.1) is 5.69 Å². The minimum absolute atomic E-state index is 0.00551. The van der Waals surface area contributed by atoms with E-state index in [4.69, 9.17) is 10.8 Å². The monoisotopic (exact) mass is 281 g/mol. The highest BCUT2D eigenvalue weighted by Gasteiger charge is 2.22. The van der Waals surface area contributed by atoms with E-state index >= 15 is 0 Å². The van der Waals surface area contributed by atoms with Crippen molar-refractivity contribution >= 4 is 23.5 Å². The van der Waals surface area contributed by atoms with Crippen LogP contribution in [0.25, 0.3) is 5.69 Å². The van der Waals surface area contributed by atoms with Crippen LogP contribution in [0, 0.1) is 5.82 Å². The number of nitrogen functional groups attached to an aromatic ring is 1. The third kappa shape index (κ3) is 2.55. The summed E-state index contributed by atoms with van der Waals surface area (Å²) in [6.07, 6.45) is 0. The maximum absolute atomic E-state index is 13.2. The van der Waals surface area contributed by atoms with Gasteiger partial charge in [0.25, 0.3) is 0 Å². The Morgan fingerprint density at radius 3 is 2.89 bits per heavy atom. The minimum atomic E-state index is -1.14. The van der Waals surface area contributed by atoms with Crippen LogP contribution in [0.2, 0.25) is 0 Å². The third-order valence-electron chi connectivity index (χ3n) is 2.44. The summed E-state index contributed by atoms with van der Waals surface area (Å²) >= 11 is 1.28. The average molecular weight is 281 g/mol. The normalized spacial score (nSPS) is 10.6. The summed E-state index contributed by atoms with van der Waals surface area (Å²) in [6, 6.07) is 5.66. The van der Waals surface area contributed by atoms with E-state index in [1.807, 2.05) is 6.92 Å². The number of nitrogens with two attached hydrogens (primary N) is 1. The molecule has 0 aliphatic heterocycles. The smallest absolute Gasteiger partial charge is 0.342 e. The van der Waals surface area contributed by atoms with Gasteiger partial charge in [-0.05, 0) is 24.0 Å². The van der Waals surface area contributed by atoms with Crippen LogP contribution in [-0.4, -0.2) is 26.6 Å². The topological polar surface area (TPSA) is 81.1 Å². The van der Waals surface area contributed by atoms with Crippen molar-refractivity contribution in [2.24, 2.45) is 0 Å². The average Bonchev–Trinajstić information content (AvgIpc) is 2.67. The van der Waals surface area contributed by atoms with Crippen LogP contribution in [0.15, 0.2) is 29.3 Å². The van der Waals surface area contributed by atoms with Crippen LogP contribution in [0.5, 0.6) is 0 Å². The van der Waals surface area contributed by atoms with Gasteiger partial charge in [0.1, 0.15) is 22.2 Å². The van der Waals surface area contributed by atoms with Gasteiger partial charge in [-0.3, -0.25) is 0 Å². The van der Waals surface area contributed by atoms with Gasteiger partial charge in [-0.15, -0.1) is 11.8 Å². The number of thioether (sulfide) groups is 1. The second-order valence-corrected chi connectivity index (χ2v) is 4.95. The second kappa shape index (κ2) is 5.31. The van der Waals surface area contributed by atoms with E-state index in [9.17, 15) is 9.18 Å². The molecule has 0 bridgehead atoms. The van der Waals surface area contributed by atoms with Gasteiger partial charge in [-0.2, -0.15) is 5.10 Å². The molecule has 0 aliphatic carbocycles. The lowest BCUT2D eigenvalue weighted by molar-refractivity contribution is 0.0694. The first-order valence-electron chi connectivity index (χ1n) is 5.55. The standard InChI is InChI=1S/C12H12FN3O2S/c1-2-19-11-9(12(17)18)10(14)16(15-11)8-5-3-4-7(13)6-8/h3-6H,2,14H2,1H3,(H,17,18). The second-order valence-electron chi connectivity index (χ2n) is 3.70. The molecule has 0 atom stereocenters. The number of aromatic nitrogens is 2. The third-order valence-corrected chi connectivity index (χ3v) is 3.28. The summed E-state index contributed by atoms with van der Waals surface area (Å²) in [7, 11) is 0. The van der Waals surface area contributed by atoms with Crippen LogP contribution in [0.1, 0.15) is 17.3 Å². The van der Waals surface area contributed by atoms with Gasteiger partial charge < -0.3 is 10.8 Å². The molecule has 0 spiro atoms. The predicted octanol–water partition coefficient (Wildman–Crippen LogP) is 2.40. The Balaban J connectivity index is 2.59. The first-order valence-corrected chi connectivity index (χ1v) is 6.53. The van der Waals surface area contributed by atoms with E-state index in [0.29, 0.717) is 16.5 Å². The van der Waals surface area contributed by atoms with Crippen LogP contribution < -0.4 is 5.73 Å². The lowest BCUT2D eigenvalue weighted by atomic mass is 10.3. The first-order chi connectivity index (χ1) is 9.04. The molecular weight excluding hydrogens is 269 g/mol. The fourth-order valence-electron chi connectivity index (χ4n) is 1.65. The zero-order valence-corrected chi connectivity index (χ0v) is 10.9. The Labute approximate surface area is 113 Å². The highest BCUT2D eigenvalue weighted by molar-refractivity contribution is 7.99. The number of benzene rings is 1. The Kier molecular flexibility index (Phi) is 3.75. The van der Waals surface area contributed by atoms with E-state index in [0.717, 1.165) is 0 Å². The number of rotatable bonds is 4. The fraction of sp³-hybridized carbons (Fsp3) is 0.167. The van der Waals surface area contributed by atoms with Crippen LogP contribution in [0.4, 0.5) is 10.2 Å². The zero-order chi connectivity index (χ0) is 14.0. The molecule has 0 aliphatic rings. The number of aromatic carboxylic acids is 1. The summed E-state index contributed by atoms with van der Waals surface area (Å²) in [5.74, 6) is -0.918. The minimum Gasteiger partial charge on any atom is -0.477 e. The summed E-state index contributed by atoms with van der Waals surface area (Å²) < 4.78 is 14.4. The number of halogens is 1. The van der Waals surface area contributed by atoms with Crippen molar-refractivity contribution in [1.82, 2.24) is 9.78 Å². The SMILES string of the molecule is CCSc1nn(-c2cccc(F)c2)c(N)c1C(=O)O. The summed E-state index contributed by atoms with van der Waals surface area (Å²) in [6.45, 7) is 1.88. The fourth-order valence-corrected chi connectivity index (χ4v) is 2.40. The molecule has 2 rings (SSSR count). The molecular formula is C12H12FN3O2S. The van der Waals surface area contributed by atoms with Gasteiger partial charge in [-0.1, -0.05) is 13.0 Å². The van der Waals surface area contributed by atoms with Gasteiger partial charge >= 0.3 is 5.97 Å². The van der Waals surface area contributed by atoms with Crippen LogP contribution in [0.3, 0.4) is 0 Å². The van der Waals surface area contributed by atoms with E-state index in [1.54, 1.807) is 6.07 Å². The molecule has 0 radical (unpaired) electrons. The molecule has 5 nitrogen and oxygen atoms in total. The van der Waals surface area contributed by atoms with Gasteiger partial charge in [0.2, 0.25) is 0 Å². The van der Waals surface area contributed by atoms with E-state index < -0.39 is 11.8 Å². The highest BCUT2D eigenvalue weighted by Crippen LogP contribution is 2.28. The maximum atomic E-state index is 13.2. The first kappa shape index (κ1) is 13.4. The quantitative estimate of drug-likeness (QED) is 0.841. The molecule has 0 saturated heterocycles. The maximum Gasteiger partial charge on any atom is 0.342 e. The van der Waals surface area contributed by atoms with Gasteiger partial charge in [0.15, 0.2) is 0 Å². The summed E-state index contributed by atoms with van der Waals surface area (Å²) in [5, 5.41) is 13.6. The molecule has 1 aromatic heterocycles. The Morgan fingerprint density at radius 1 is 1.58 bits per heavy atom. The number of carboxylic acid groups (broad SMARTS) is 1. The largest absolute Gasteiger partial charge is 0.477 e. The molecule has 3 N–H and O–H groups in total. The molecule has 7 heteroatoms. The predicted molar refractivity (Wildman–Crippen MR) is 71.3 cm³/mol. The number of hydrogen-bond donors (Lipinski definition) is 2. The van der Waals surface area contributed by atoms with Crippen molar-refractivity contribution in [2.45, 2.75) is 11.9 Å². The number of anilines is 1. The number of carboxylic acids is 1. The lowest BCUT2D eigenvalue weighted by Gasteiger charge is -2.03. The van der Waals surface area contributed by atoms with Crippen molar-refractivity contribution in [3.05, 3.63) is 35.6 Å². The molecule has 0 unspecified atom stereocenters. The molecule has 0 saturated carbocycles. The van der Waals surface area contributed by atoms with E-state index in [-0.39, 0.29) is 11.4 Å². The van der Waals surface area contributed by atoms with Gasteiger partial charge in [0, 0.05) is 0 Å². The van der Waals surface area contributed by atoms with Crippen LogP contribution in [-0.2, 0) is 0 Å². The van der Waals surface area contributed by atoms with Crippen molar-refractivity contribution in [2.75, 3.05) is 11.5 Å². The summed E-state index contributed by atoms with van der Waals surface area (Å²) in [4.78, 5) is 11.2. The zero-order valence-electron chi connectivity index (χ0n) is 10.1. The molecule has 100 valence electrons. The molecule has 19 heavy (non-hydrogen) atoms. The van der Waals surface area contributed by atoms with Crippen LogP contribution >= 0.6 is 11.8 Å². The summed E-state index contributed by atoms with van der Waals surface area (Å²) in [5.41, 5.74) is 6.15. The molecule has 2 aromatic rings. The number of hydrogen-bond acceptors (Lipinski definition) is 4. The molecule has 0 fully saturated rings. The van der Waals surface area contributed by atoms with Crippen molar-refractivity contribution in [3.8, 4) is 5.69 Å². The van der Waals surface area contributed by atoms with Crippen molar-refractivity contribution in [3.63, 3.8) is 0 Å². The molecule has 0 amide bonds. The molecule has 1 aromatic carbocycles. The Morgan fingerprint density at radius 2 is 2.32 bits per heavy atom. The van der Waals surface area contributed by atoms with E-state index in [1.165, 1.54) is 34.6 Å². The van der Waals surface area contributed by atoms with Crippen molar-refractivity contribution < 1.29 is 14.3 Å². The Bertz CT molecular complexity index is 627. The van der Waals surface area contributed by atoms with Gasteiger partial charge in [-0.25, -0.2) is 13.9 Å². The number of nitrogens with zero attached hydrogens (tertiary/aromatic N) is 2. The van der Waals surface area contributed by atoms with Crippen molar-refractivity contribution in [1.29, 1.82) is 0 Å². The lowest BCUT2D eigenvalue weighted by Crippen LogP contribution is -2.05. The van der Waals surface area contributed by atoms with E-state index in [2.05, 4.69) is 5.10 Å². The Hall–Kier alpha value is -2.02.